The summed E-state index contributed by atoms with van der Waals surface area (Å²) in [6.07, 6.45) is 2.71. The number of phenolic OH excluding ortho intramolecular Hbond substituents is 1. The summed E-state index contributed by atoms with van der Waals surface area (Å²) in [5.41, 5.74) is 5.18. The highest BCUT2D eigenvalue weighted by Gasteiger charge is 2.17. The zero-order valence-electron chi connectivity index (χ0n) is 19.1. The monoisotopic (exact) mass is 466 g/mol. The van der Waals surface area contributed by atoms with Gasteiger partial charge in [0.05, 0.1) is 29.5 Å². The van der Waals surface area contributed by atoms with Gasteiger partial charge in [-0.05, 0) is 61.0 Å². The minimum atomic E-state index is 0.000586. The quantitative estimate of drug-likeness (QED) is 0.340. The van der Waals surface area contributed by atoms with Crippen LogP contribution in [0.4, 0.5) is 11.5 Å². The van der Waals surface area contributed by atoms with E-state index in [0.29, 0.717) is 28.6 Å². The van der Waals surface area contributed by atoms with Crippen LogP contribution in [0.3, 0.4) is 0 Å². The number of para-hydroxylation sites is 1. The zero-order chi connectivity index (χ0) is 24.4. The number of hydrogen-bond acceptors (Lipinski definition) is 8. The molecule has 0 aliphatic carbocycles. The van der Waals surface area contributed by atoms with Gasteiger partial charge in [-0.3, -0.25) is 4.57 Å². The van der Waals surface area contributed by atoms with E-state index >= 15 is 0 Å². The third-order valence-electron chi connectivity index (χ3n) is 5.59. The third-order valence-corrected chi connectivity index (χ3v) is 5.59. The van der Waals surface area contributed by atoms with E-state index in [1.54, 1.807) is 24.5 Å². The van der Waals surface area contributed by atoms with Crippen LogP contribution in [0.25, 0.3) is 28.1 Å². The van der Waals surface area contributed by atoms with Crippen LogP contribution < -0.4 is 10.1 Å². The first-order valence-corrected chi connectivity index (χ1v) is 10.9. The lowest BCUT2D eigenvalue weighted by Crippen LogP contribution is -2.02. The number of carbonyl (C=O) groups is 1. The predicted molar refractivity (Wildman–Crippen MR) is 132 cm³/mol. The van der Waals surface area contributed by atoms with E-state index in [2.05, 4.69) is 20.5 Å². The average molecular weight is 467 g/mol. The van der Waals surface area contributed by atoms with E-state index < -0.39 is 0 Å². The molecule has 0 aliphatic rings. The number of aromatic nitrogens is 5. The normalized spacial score (nSPS) is 10.9. The maximum absolute atomic E-state index is 11.3. The van der Waals surface area contributed by atoms with Crippen LogP contribution in [0.15, 0.2) is 67.0 Å². The van der Waals surface area contributed by atoms with E-state index in [9.17, 15) is 9.90 Å². The molecule has 0 bridgehead atoms. The number of aryl methyl sites for hydroxylation is 1. The lowest BCUT2D eigenvalue weighted by atomic mass is 10.0. The van der Waals surface area contributed by atoms with Gasteiger partial charge in [-0.2, -0.15) is 5.10 Å². The number of carbonyl (C=O) groups excluding carboxylic acids is 1. The second kappa shape index (κ2) is 9.22. The van der Waals surface area contributed by atoms with Crippen molar-refractivity contribution in [1.82, 2.24) is 24.7 Å². The number of hydrogen-bond donors (Lipinski definition) is 2. The van der Waals surface area contributed by atoms with Gasteiger partial charge in [-0.1, -0.05) is 12.1 Å². The van der Waals surface area contributed by atoms with Crippen molar-refractivity contribution in [3.8, 4) is 28.6 Å². The number of nitrogens with one attached hydrogen (secondary N) is 1. The first-order chi connectivity index (χ1) is 17.1. The van der Waals surface area contributed by atoms with Gasteiger partial charge in [-0.15, -0.1) is 5.10 Å². The SMILES string of the molecule is COc1c(O)cccc1-c1nc(-n2cnc3cc(Nc4ccc(C)nn4)ccc32)ccc1CC=O. The summed E-state index contributed by atoms with van der Waals surface area (Å²) < 4.78 is 7.29. The molecule has 35 heavy (non-hydrogen) atoms. The molecule has 0 spiro atoms. The summed E-state index contributed by atoms with van der Waals surface area (Å²) in [6, 6.07) is 18.3. The molecule has 2 aromatic carbocycles. The summed E-state index contributed by atoms with van der Waals surface area (Å²) in [7, 11) is 1.49. The molecule has 5 aromatic rings. The Hall–Kier alpha value is -4.79. The molecule has 3 heterocycles. The smallest absolute Gasteiger partial charge is 0.169 e. The fraction of sp³-hybridized carbons (Fsp3) is 0.115. The number of rotatable bonds is 7. The van der Waals surface area contributed by atoms with E-state index in [4.69, 9.17) is 9.72 Å². The Kier molecular flexibility index (Phi) is 5.80. The Morgan fingerprint density at radius 3 is 2.74 bits per heavy atom. The highest BCUT2D eigenvalue weighted by atomic mass is 16.5. The third kappa shape index (κ3) is 4.26. The molecule has 0 unspecified atom stereocenters. The van der Waals surface area contributed by atoms with Crippen molar-refractivity contribution in [1.29, 1.82) is 0 Å². The van der Waals surface area contributed by atoms with Crippen molar-refractivity contribution in [3.05, 3.63) is 78.2 Å². The van der Waals surface area contributed by atoms with Crippen LogP contribution in [-0.4, -0.2) is 43.2 Å². The van der Waals surface area contributed by atoms with E-state index in [0.717, 1.165) is 34.3 Å². The van der Waals surface area contributed by atoms with Crippen molar-refractivity contribution in [2.45, 2.75) is 13.3 Å². The molecule has 0 fully saturated rings. The molecular weight excluding hydrogens is 444 g/mol. The highest BCUT2D eigenvalue weighted by Crippen LogP contribution is 2.38. The van der Waals surface area contributed by atoms with Gasteiger partial charge >= 0.3 is 0 Å². The van der Waals surface area contributed by atoms with Gasteiger partial charge in [0.15, 0.2) is 17.3 Å². The van der Waals surface area contributed by atoms with E-state index in [1.165, 1.54) is 7.11 Å². The Balaban J connectivity index is 1.55. The maximum atomic E-state index is 11.3. The Morgan fingerprint density at radius 2 is 1.97 bits per heavy atom. The van der Waals surface area contributed by atoms with Crippen LogP contribution in [0.5, 0.6) is 11.5 Å². The van der Waals surface area contributed by atoms with Crippen molar-refractivity contribution < 1.29 is 14.6 Å². The van der Waals surface area contributed by atoms with Gasteiger partial charge in [0.1, 0.15) is 18.4 Å². The van der Waals surface area contributed by atoms with Crippen LogP contribution in [0, 0.1) is 6.92 Å². The number of nitrogens with zero attached hydrogens (tertiary/aromatic N) is 5. The molecule has 3 aromatic heterocycles. The summed E-state index contributed by atoms with van der Waals surface area (Å²) in [5.74, 6) is 1.56. The zero-order valence-corrected chi connectivity index (χ0v) is 19.1. The van der Waals surface area contributed by atoms with E-state index in [1.807, 2.05) is 54.0 Å². The van der Waals surface area contributed by atoms with Crippen LogP contribution >= 0.6 is 0 Å². The number of aromatic hydroxyl groups is 1. The first-order valence-electron chi connectivity index (χ1n) is 10.9. The molecule has 2 N–H and O–H groups in total. The fourth-order valence-electron chi connectivity index (χ4n) is 3.91. The topological polar surface area (TPSA) is 115 Å². The van der Waals surface area contributed by atoms with Gasteiger partial charge in [-0.25, -0.2) is 9.97 Å². The average Bonchev–Trinajstić information content (AvgIpc) is 3.29. The number of imidazole rings is 1. The van der Waals surface area contributed by atoms with Gasteiger partial charge in [0.2, 0.25) is 0 Å². The lowest BCUT2D eigenvalue weighted by Gasteiger charge is -2.14. The Bertz CT molecular complexity index is 1530. The summed E-state index contributed by atoms with van der Waals surface area (Å²) >= 11 is 0. The standard InChI is InChI=1S/C26H22N6O3/c1-16-6-10-23(31-30-16)28-18-8-9-21-20(14-18)27-15-32(21)24-11-7-17(12-13-33)25(29-24)19-4-3-5-22(34)26(19)35-2/h3-11,13-15,34H,12H2,1-2H3,(H,28,31). The second-order valence-corrected chi connectivity index (χ2v) is 7.91. The highest BCUT2D eigenvalue weighted by molar-refractivity contribution is 5.82. The van der Waals surface area contributed by atoms with Gasteiger partial charge in [0.25, 0.3) is 0 Å². The molecule has 174 valence electrons. The lowest BCUT2D eigenvalue weighted by molar-refractivity contribution is -0.107. The summed E-state index contributed by atoms with van der Waals surface area (Å²) in [4.78, 5) is 20.7. The number of benzene rings is 2. The maximum Gasteiger partial charge on any atom is 0.169 e. The fourth-order valence-corrected chi connectivity index (χ4v) is 3.91. The molecule has 9 heteroatoms. The molecule has 0 saturated heterocycles. The number of ether oxygens (including phenoxy) is 1. The number of anilines is 2. The van der Waals surface area contributed by atoms with Crippen molar-refractivity contribution in [2.24, 2.45) is 0 Å². The largest absolute Gasteiger partial charge is 0.504 e. The number of fused-ring (bicyclic) bond motifs is 1. The summed E-state index contributed by atoms with van der Waals surface area (Å²) in [6.45, 7) is 1.89. The van der Waals surface area contributed by atoms with Crippen molar-refractivity contribution >= 4 is 28.8 Å². The number of pyridine rings is 1. The van der Waals surface area contributed by atoms with Crippen molar-refractivity contribution in [2.75, 3.05) is 12.4 Å². The van der Waals surface area contributed by atoms with Crippen molar-refractivity contribution in [3.63, 3.8) is 0 Å². The number of phenols is 1. The molecule has 0 amide bonds. The van der Waals surface area contributed by atoms with Crippen LogP contribution in [0.2, 0.25) is 0 Å². The van der Waals surface area contributed by atoms with Gasteiger partial charge in [0, 0.05) is 17.7 Å². The van der Waals surface area contributed by atoms with Crippen LogP contribution in [-0.2, 0) is 11.2 Å². The predicted octanol–water partition coefficient (Wildman–Crippen LogP) is 4.39. The molecule has 0 saturated carbocycles. The minimum Gasteiger partial charge on any atom is -0.504 e. The Morgan fingerprint density at radius 1 is 1.09 bits per heavy atom. The molecular formula is C26H22N6O3. The Labute approximate surface area is 201 Å². The first kappa shape index (κ1) is 22.0. The number of methoxy groups -OCH3 is 1. The second-order valence-electron chi connectivity index (χ2n) is 7.91. The van der Waals surface area contributed by atoms with E-state index in [-0.39, 0.29) is 12.2 Å². The molecule has 9 nitrogen and oxygen atoms in total. The van der Waals surface area contributed by atoms with Crippen LogP contribution in [0.1, 0.15) is 11.3 Å². The number of aldehydes is 1. The van der Waals surface area contributed by atoms with Gasteiger partial charge < -0.3 is 20.0 Å². The minimum absolute atomic E-state index is 0.000586. The summed E-state index contributed by atoms with van der Waals surface area (Å²) in [5, 5.41) is 21.7. The molecule has 0 aliphatic heterocycles. The molecule has 0 atom stereocenters. The molecule has 0 radical (unpaired) electrons. The molecule has 5 rings (SSSR count).